The molecule has 110 valence electrons. The van der Waals surface area contributed by atoms with Gasteiger partial charge in [-0.3, -0.25) is 4.79 Å². The van der Waals surface area contributed by atoms with Gasteiger partial charge in [0.05, 0.1) is 25.7 Å². The highest BCUT2D eigenvalue weighted by Gasteiger charge is 2.38. The molecule has 2 rings (SSSR count). The lowest BCUT2D eigenvalue weighted by Crippen LogP contribution is -2.17. The first kappa shape index (κ1) is 14.9. The Hall–Kier alpha value is -1.55. The van der Waals surface area contributed by atoms with Gasteiger partial charge in [0.1, 0.15) is 5.75 Å². The lowest BCUT2D eigenvalue weighted by molar-refractivity contribution is -0.143. The van der Waals surface area contributed by atoms with Crippen molar-refractivity contribution in [2.75, 3.05) is 7.11 Å². The molecule has 1 aromatic carbocycles. The van der Waals surface area contributed by atoms with Crippen molar-refractivity contribution < 1.29 is 19.4 Å². The summed E-state index contributed by atoms with van der Waals surface area (Å²) in [6.45, 7) is 2.57. The third kappa shape index (κ3) is 3.51. The summed E-state index contributed by atoms with van der Waals surface area (Å²) in [6, 6.07) is 7.75. The zero-order chi connectivity index (χ0) is 14.5. The van der Waals surface area contributed by atoms with Crippen molar-refractivity contribution in [3.05, 3.63) is 29.8 Å². The second-order valence-corrected chi connectivity index (χ2v) is 5.37. The maximum Gasteiger partial charge on any atom is 0.306 e. The van der Waals surface area contributed by atoms with Crippen LogP contribution in [0.5, 0.6) is 5.75 Å². The monoisotopic (exact) mass is 278 g/mol. The summed E-state index contributed by atoms with van der Waals surface area (Å²) in [5.74, 6) is 0.133. The standard InChI is InChI=1S/C16H22O4/c1-3-12-8-14(9-15(12)16(17)18)20-10-11-4-6-13(19-2)7-5-11/h4-7,12,14-15H,3,8-10H2,1-2H3,(H,17,18). The number of methoxy groups -OCH3 is 1. The third-order valence-corrected chi connectivity index (χ3v) is 4.14. The molecule has 1 saturated carbocycles. The zero-order valence-corrected chi connectivity index (χ0v) is 12.0. The fourth-order valence-corrected chi connectivity index (χ4v) is 2.90. The third-order valence-electron chi connectivity index (χ3n) is 4.14. The van der Waals surface area contributed by atoms with E-state index >= 15 is 0 Å². The number of rotatable bonds is 6. The molecule has 3 atom stereocenters. The molecule has 0 amide bonds. The Labute approximate surface area is 119 Å². The van der Waals surface area contributed by atoms with Crippen molar-refractivity contribution in [3.8, 4) is 5.75 Å². The Balaban J connectivity index is 1.86. The van der Waals surface area contributed by atoms with E-state index in [1.54, 1.807) is 7.11 Å². The van der Waals surface area contributed by atoms with Crippen LogP contribution >= 0.6 is 0 Å². The predicted molar refractivity (Wildman–Crippen MR) is 75.7 cm³/mol. The molecule has 1 aliphatic rings. The molecule has 1 aliphatic carbocycles. The minimum Gasteiger partial charge on any atom is -0.497 e. The van der Waals surface area contributed by atoms with Crippen LogP contribution in [0.2, 0.25) is 0 Å². The Bertz CT molecular complexity index is 440. The summed E-state index contributed by atoms with van der Waals surface area (Å²) in [4.78, 5) is 11.2. The number of aliphatic carboxylic acids is 1. The summed E-state index contributed by atoms with van der Waals surface area (Å²) in [7, 11) is 1.64. The van der Waals surface area contributed by atoms with Crippen molar-refractivity contribution in [1.82, 2.24) is 0 Å². The van der Waals surface area contributed by atoms with Crippen molar-refractivity contribution in [3.63, 3.8) is 0 Å². The SMILES string of the molecule is CCC1CC(OCc2ccc(OC)cc2)CC1C(=O)O. The molecular weight excluding hydrogens is 256 g/mol. The maximum absolute atomic E-state index is 11.2. The summed E-state index contributed by atoms with van der Waals surface area (Å²) >= 11 is 0. The number of carboxylic acids is 1. The average molecular weight is 278 g/mol. The van der Waals surface area contributed by atoms with Gasteiger partial charge in [0, 0.05) is 0 Å². The van der Waals surface area contributed by atoms with Crippen LogP contribution in [0.15, 0.2) is 24.3 Å². The van der Waals surface area contributed by atoms with Crippen LogP contribution in [0.4, 0.5) is 0 Å². The van der Waals surface area contributed by atoms with E-state index < -0.39 is 5.97 Å². The van der Waals surface area contributed by atoms with Crippen molar-refractivity contribution in [1.29, 1.82) is 0 Å². The van der Waals surface area contributed by atoms with E-state index in [4.69, 9.17) is 9.47 Å². The highest BCUT2D eigenvalue weighted by Crippen LogP contribution is 2.36. The van der Waals surface area contributed by atoms with Crippen LogP contribution in [0.1, 0.15) is 31.7 Å². The second kappa shape index (κ2) is 6.75. The van der Waals surface area contributed by atoms with Gasteiger partial charge in [-0.25, -0.2) is 0 Å². The van der Waals surface area contributed by atoms with E-state index in [1.807, 2.05) is 31.2 Å². The van der Waals surface area contributed by atoms with Gasteiger partial charge >= 0.3 is 5.97 Å². The molecule has 0 aromatic heterocycles. The molecule has 4 nitrogen and oxygen atoms in total. The molecule has 0 aliphatic heterocycles. The molecule has 0 spiro atoms. The van der Waals surface area contributed by atoms with Gasteiger partial charge in [-0.1, -0.05) is 25.5 Å². The van der Waals surface area contributed by atoms with Crippen LogP contribution in [-0.2, 0) is 16.1 Å². The first-order valence-corrected chi connectivity index (χ1v) is 7.11. The average Bonchev–Trinajstić information content (AvgIpc) is 2.89. The topological polar surface area (TPSA) is 55.8 Å². The summed E-state index contributed by atoms with van der Waals surface area (Å²) in [5.41, 5.74) is 1.08. The van der Waals surface area contributed by atoms with Gasteiger partial charge in [0.2, 0.25) is 0 Å². The fraction of sp³-hybridized carbons (Fsp3) is 0.562. The van der Waals surface area contributed by atoms with E-state index in [-0.39, 0.29) is 17.9 Å². The number of hydrogen-bond acceptors (Lipinski definition) is 3. The van der Waals surface area contributed by atoms with Gasteiger partial charge < -0.3 is 14.6 Å². The van der Waals surface area contributed by atoms with Crippen molar-refractivity contribution in [2.24, 2.45) is 11.8 Å². The first-order valence-electron chi connectivity index (χ1n) is 7.11. The normalized spacial score (nSPS) is 25.6. The number of carbonyl (C=O) groups is 1. The summed E-state index contributed by atoms with van der Waals surface area (Å²) in [6.07, 6.45) is 2.44. The molecule has 0 radical (unpaired) electrons. The number of carboxylic acid groups (broad SMARTS) is 1. The Kier molecular flexibility index (Phi) is 5.01. The van der Waals surface area contributed by atoms with Crippen LogP contribution in [0, 0.1) is 11.8 Å². The minimum absolute atomic E-state index is 0.0585. The summed E-state index contributed by atoms with van der Waals surface area (Å²) in [5, 5.41) is 9.21. The Morgan fingerprint density at radius 2 is 2.00 bits per heavy atom. The van der Waals surface area contributed by atoms with Gasteiger partial charge in [-0.05, 0) is 36.5 Å². The van der Waals surface area contributed by atoms with E-state index in [0.717, 1.165) is 24.2 Å². The number of hydrogen-bond donors (Lipinski definition) is 1. The smallest absolute Gasteiger partial charge is 0.306 e. The highest BCUT2D eigenvalue weighted by molar-refractivity contribution is 5.70. The molecule has 3 unspecified atom stereocenters. The first-order chi connectivity index (χ1) is 9.63. The highest BCUT2D eigenvalue weighted by atomic mass is 16.5. The van der Waals surface area contributed by atoms with Gasteiger partial charge in [-0.2, -0.15) is 0 Å². The molecular formula is C16H22O4. The van der Waals surface area contributed by atoms with Crippen molar-refractivity contribution in [2.45, 2.75) is 38.9 Å². The molecule has 0 bridgehead atoms. The molecule has 1 fully saturated rings. The number of benzene rings is 1. The molecule has 1 N–H and O–H groups in total. The molecule has 4 heteroatoms. The van der Waals surface area contributed by atoms with Gasteiger partial charge in [0.25, 0.3) is 0 Å². The van der Waals surface area contributed by atoms with E-state index in [0.29, 0.717) is 13.0 Å². The Morgan fingerprint density at radius 3 is 2.50 bits per heavy atom. The Morgan fingerprint density at radius 1 is 1.30 bits per heavy atom. The van der Waals surface area contributed by atoms with Crippen LogP contribution in [0.25, 0.3) is 0 Å². The lowest BCUT2D eigenvalue weighted by atomic mass is 9.94. The molecule has 0 saturated heterocycles. The van der Waals surface area contributed by atoms with Crippen LogP contribution in [0.3, 0.4) is 0 Å². The summed E-state index contributed by atoms with van der Waals surface area (Å²) < 4.78 is 11.0. The maximum atomic E-state index is 11.2. The van der Waals surface area contributed by atoms with E-state index in [9.17, 15) is 9.90 Å². The lowest BCUT2D eigenvalue weighted by Gasteiger charge is -2.12. The molecule has 20 heavy (non-hydrogen) atoms. The fourth-order valence-electron chi connectivity index (χ4n) is 2.90. The largest absolute Gasteiger partial charge is 0.497 e. The number of ether oxygens (including phenoxy) is 2. The molecule has 0 heterocycles. The van der Waals surface area contributed by atoms with Gasteiger partial charge in [-0.15, -0.1) is 0 Å². The quantitative estimate of drug-likeness (QED) is 0.868. The van der Waals surface area contributed by atoms with Gasteiger partial charge in [0.15, 0.2) is 0 Å². The second-order valence-electron chi connectivity index (χ2n) is 5.37. The van der Waals surface area contributed by atoms with E-state index in [2.05, 4.69) is 0 Å². The van der Waals surface area contributed by atoms with E-state index in [1.165, 1.54) is 0 Å². The zero-order valence-electron chi connectivity index (χ0n) is 12.0. The van der Waals surface area contributed by atoms with Crippen molar-refractivity contribution >= 4 is 5.97 Å². The molecule has 1 aromatic rings. The predicted octanol–water partition coefficient (Wildman–Crippen LogP) is 3.10. The minimum atomic E-state index is -0.688. The van der Waals surface area contributed by atoms with Crippen LogP contribution in [-0.4, -0.2) is 24.3 Å². The van der Waals surface area contributed by atoms with Crippen LogP contribution < -0.4 is 4.74 Å².